The molecule has 2 aliphatic rings. The van der Waals surface area contributed by atoms with Crippen LogP contribution in [0.4, 0.5) is 11.5 Å². The van der Waals surface area contributed by atoms with Gasteiger partial charge in [0.05, 0.1) is 19.6 Å². The second-order valence-electron chi connectivity index (χ2n) is 6.17. The van der Waals surface area contributed by atoms with E-state index in [9.17, 15) is 33.6 Å². The third kappa shape index (κ3) is 5.77. The highest BCUT2D eigenvalue weighted by atomic mass is 31.3. The Morgan fingerprint density at radius 2 is 1.81 bits per heavy atom. The summed E-state index contributed by atoms with van der Waals surface area (Å²) >= 11 is 0. The predicted molar refractivity (Wildman–Crippen MR) is 96.3 cm³/mol. The normalized spacial score (nSPS) is 29.8. The van der Waals surface area contributed by atoms with Gasteiger partial charge in [0, 0.05) is 0 Å². The summed E-state index contributed by atoms with van der Waals surface area (Å²) in [6.45, 7) is -0.998. The Labute approximate surface area is 171 Å². The molecule has 3 heterocycles. The lowest BCUT2D eigenvalue weighted by Gasteiger charge is -2.26. The van der Waals surface area contributed by atoms with Crippen LogP contribution in [0.5, 0.6) is 0 Å². The zero-order valence-electron chi connectivity index (χ0n) is 15.0. The molecule has 1 saturated heterocycles. The molecule has 31 heavy (non-hydrogen) atoms. The van der Waals surface area contributed by atoms with E-state index < -0.39 is 60.2 Å². The summed E-state index contributed by atoms with van der Waals surface area (Å²) in [4.78, 5) is 54.9. The monoisotopic (exact) mass is 510 g/mol. The molecule has 6 unspecified atom stereocenters. The molecule has 2 aliphatic heterocycles. The van der Waals surface area contributed by atoms with Gasteiger partial charge in [-0.05, 0) is 0 Å². The summed E-state index contributed by atoms with van der Waals surface area (Å²) in [7, 11) is -16.7. The van der Waals surface area contributed by atoms with Crippen molar-refractivity contribution in [1.29, 1.82) is 0 Å². The smallest absolute Gasteiger partial charge is 0.387 e. The molecule has 0 radical (unpaired) electrons. The van der Waals surface area contributed by atoms with Crippen molar-refractivity contribution >= 4 is 35.0 Å². The van der Waals surface area contributed by atoms with Crippen molar-refractivity contribution in [3.63, 3.8) is 0 Å². The van der Waals surface area contributed by atoms with Crippen LogP contribution in [0.25, 0.3) is 0 Å². The van der Waals surface area contributed by atoms with E-state index >= 15 is 0 Å². The quantitative estimate of drug-likeness (QED) is 0.172. The number of ether oxygens (including phenoxy) is 1. The number of aromatic amines is 1. The molecule has 6 atom stereocenters. The van der Waals surface area contributed by atoms with E-state index in [2.05, 4.69) is 28.4 Å². The molecular weight excluding hydrogens is 493 g/mol. The Morgan fingerprint density at radius 3 is 2.45 bits per heavy atom. The highest BCUT2D eigenvalue weighted by molar-refractivity contribution is 7.66. The van der Waals surface area contributed by atoms with Crippen LogP contribution >= 0.6 is 23.5 Å². The summed E-state index contributed by atoms with van der Waals surface area (Å²) in [5.41, 5.74) is -0.408. The minimum absolute atomic E-state index is 0.0353. The van der Waals surface area contributed by atoms with E-state index in [-0.39, 0.29) is 18.2 Å². The molecule has 8 N–H and O–H groups in total. The third-order valence-corrected chi connectivity index (χ3v) is 7.80. The molecular formula is C10H17N4O14P3. The van der Waals surface area contributed by atoms with Gasteiger partial charge in [0.15, 0.2) is 12.0 Å². The van der Waals surface area contributed by atoms with Crippen molar-refractivity contribution in [3.8, 4) is 0 Å². The molecule has 21 heteroatoms. The molecule has 1 aromatic rings. The van der Waals surface area contributed by atoms with E-state index in [0.717, 1.165) is 6.33 Å². The molecule has 0 amide bonds. The Morgan fingerprint density at radius 1 is 1.13 bits per heavy atom. The zero-order valence-corrected chi connectivity index (χ0v) is 17.7. The highest BCUT2D eigenvalue weighted by Gasteiger charge is 2.49. The van der Waals surface area contributed by atoms with Crippen LogP contribution in [0.1, 0.15) is 0 Å². The van der Waals surface area contributed by atoms with Crippen LogP contribution in [0.15, 0.2) is 11.1 Å². The van der Waals surface area contributed by atoms with E-state index in [0.29, 0.717) is 0 Å². The molecule has 1 fully saturated rings. The zero-order chi connectivity index (χ0) is 23.2. The SMILES string of the molecule is O=c1[nH]cnc2c1NCN2C1OC(COP(=O)(O)OP(=O)(O)OP(=O)(O)O)C(O)C1O. The van der Waals surface area contributed by atoms with Crippen molar-refractivity contribution in [2.24, 2.45) is 0 Å². The number of hydrogen-bond acceptors (Lipinski definition) is 13. The minimum Gasteiger partial charge on any atom is -0.387 e. The molecule has 18 nitrogen and oxygen atoms in total. The number of anilines is 2. The second-order valence-corrected chi connectivity index (χ2v) is 10.6. The van der Waals surface area contributed by atoms with Crippen molar-refractivity contribution in [3.05, 3.63) is 16.7 Å². The maximum atomic E-state index is 11.8. The molecule has 0 aromatic carbocycles. The average Bonchev–Trinajstić information content (AvgIpc) is 3.13. The van der Waals surface area contributed by atoms with Gasteiger partial charge >= 0.3 is 23.5 Å². The number of aromatic nitrogens is 2. The molecule has 176 valence electrons. The number of phosphoric acid groups is 3. The summed E-state index contributed by atoms with van der Waals surface area (Å²) in [6, 6.07) is 0. The Kier molecular flexibility index (Phi) is 6.78. The van der Waals surface area contributed by atoms with Crippen LogP contribution in [0, 0.1) is 0 Å². The van der Waals surface area contributed by atoms with E-state index in [1.807, 2.05) is 0 Å². The lowest BCUT2D eigenvalue weighted by Crippen LogP contribution is -2.44. The lowest BCUT2D eigenvalue weighted by molar-refractivity contribution is -0.0215. The number of aliphatic hydroxyl groups excluding tert-OH is 2. The molecule has 1 aromatic heterocycles. The number of aliphatic hydroxyl groups is 2. The first-order valence-corrected chi connectivity index (χ1v) is 12.6. The van der Waals surface area contributed by atoms with Crippen LogP contribution in [0.3, 0.4) is 0 Å². The Bertz CT molecular complexity index is 1030. The van der Waals surface area contributed by atoms with E-state index in [1.54, 1.807) is 0 Å². The molecule has 0 aliphatic carbocycles. The van der Waals surface area contributed by atoms with Crippen LogP contribution in [-0.2, 0) is 31.6 Å². The maximum Gasteiger partial charge on any atom is 0.490 e. The summed E-state index contributed by atoms with van der Waals surface area (Å²) in [6.07, 6.45) is -4.90. The van der Waals surface area contributed by atoms with Gasteiger partial charge in [0.2, 0.25) is 0 Å². The molecule has 3 rings (SSSR count). The fraction of sp³-hybridized carbons (Fsp3) is 0.600. The van der Waals surface area contributed by atoms with Crippen molar-refractivity contribution in [2.45, 2.75) is 24.5 Å². The van der Waals surface area contributed by atoms with Gasteiger partial charge in [-0.25, -0.2) is 18.7 Å². The summed E-state index contributed by atoms with van der Waals surface area (Å²) in [5, 5.41) is 23.1. The number of rotatable bonds is 8. The first-order chi connectivity index (χ1) is 14.2. The van der Waals surface area contributed by atoms with Gasteiger partial charge in [-0.1, -0.05) is 0 Å². The molecule has 0 bridgehead atoms. The van der Waals surface area contributed by atoms with Gasteiger partial charge in [-0.3, -0.25) is 9.32 Å². The number of phosphoric ester groups is 1. The Balaban J connectivity index is 1.64. The second kappa shape index (κ2) is 8.61. The number of fused-ring (bicyclic) bond motifs is 1. The van der Waals surface area contributed by atoms with Gasteiger partial charge in [0.25, 0.3) is 5.56 Å². The average molecular weight is 510 g/mol. The van der Waals surface area contributed by atoms with Gasteiger partial charge in [-0.2, -0.15) is 8.62 Å². The van der Waals surface area contributed by atoms with E-state index in [1.165, 1.54) is 4.90 Å². The van der Waals surface area contributed by atoms with Gasteiger partial charge in [-0.15, -0.1) is 0 Å². The van der Waals surface area contributed by atoms with Crippen molar-refractivity contribution in [2.75, 3.05) is 23.5 Å². The van der Waals surface area contributed by atoms with Crippen molar-refractivity contribution in [1.82, 2.24) is 9.97 Å². The highest BCUT2D eigenvalue weighted by Crippen LogP contribution is 2.66. The largest absolute Gasteiger partial charge is 0.490 e. The maximum absolute atomic E-state index is 11.8. The fourth-order valence-electron chi connectivity index (χ4n) is 2.81. The third-order valence-electron chi connectivity index (χ3n) is 3.99. The summed E-state index contributed by atoms with van der Waals surface area (Å²) < 4.78 is 50.6. The standard InChI is InChI=1S/C10H17N4O14P3/c15-6-4(1-25-30(21,22)28-31(23,24)27-29(18,19)20)26-10(7(6)16)14-3-13-5-8(14)11-2-12-9(5)17/h2,4,6-7,10,13,15-16H,1,3H2,(H,21,22)(H,23,24)(H,11,12,17)(H2,18,19,20). The lowest BCUT2D eigenvalue weighted by atomic mass is 10.1. The minimum atomic E-state index is -5.71. The van der Waals surface area contributed by atoms with Crippen LogP contribution in [0.2, 0.25) is 0 Å². The number of H-pyrrole nitrogens is 1. The molecule has 0 spiro atoms. The number of nitrogens with one attached hydrogen (secondary N) is 2. The Hall–Kier alpha value is -1.23. The van der Waals surface area contributed by atoms with Crippen LogP contribution < -0.4 is 15.8 Å². The number of hydrogen-bond donors (Lipinski definition) is 8. The van der Waals surface area contributed by atoms with Crippen LogP contribution in [-0.4, -0.2) is 77.6 Å². The van der Waals surface area contributed by atoms with Gasteiger partial charge in [0.1, 0.15) is 24.0 Å². The topological polar surface area (TPSA) is 271 Å². The predicted octanol–water partition coefficient (Wildman–Crippen LogP) is -2.25. The number of nitrogens with zero attached hydrogens (tertiary/aromatic N) is 2. The van der Waals surface area contributed by atoms with Crippen molar-refractivity contribution < 1.29 is 61.4 Å². The fourth-order valence-corrected chi connectivity index (χ4v) is 5.84. The summed E-state index contributed by atoms with van der Waals surface area (Å²) in [5.74, 6) is 0.105. The first kappa shape index (κ1) is 24.4. The van der Waals surface area contributed by atoms with E-state index in [4.69, 9.17) is 19.4 Å². The molecule has 0 saturated carbocycles. The first-order valence-electron chi connectivity index (χ1n) is 8.07. The van der Waals surface area contributed by atoms with Gasteiger partial charge < -0.3 is 49.7 Å².